The summed E-state index contributed by atoms with van der Waals surface area (Å²) in [7, 11) is -4.50. The Morgan fingerprint density at radius 1 is 1.04 bits per heavy atom. The number of carbonyl (C=O) groups excluding carboxylic acids is 2. The molecule has 1 spiro atoms. The summed E-state index contributed by atoms with van der Waals surface area (Å²) in [6, 6.07) is 10.7. The van der Waals surface area contributed by atoms with Gasteiger partial charge in [-0.15, -0.1) is 0 Å². The number of benzene rings is 1. The van der Waals surface area contributed by atoms with Gasteiger partial charge in [-0.05, 0) is 0 Å². The summed E-state index contributed by atoms with van der Waals surface area (Å²) in [6.45, 7) is 31.8. The summed E-state index contributed by atoms with van der Waals surface area (Å²) in [5, 5.41) is 0.00442. The predicted octanol–water partition coefficient (Wildman–Crippen LogP) is 8.22. The summed E-state index contributed by atoms with van der Waals surface area (Å²) < 4.78 is 29.1. The second-order valence-corrected chi connectivity index (χ2v) is 31.1. The monoisotopic (exact) mass is 760 g/mol. The van der Waals surface area contributed by atoms with Gasteiger partial charge in [0.25, 0.3) is 0 Å². The van der Waals surface area contributed by atoms with Crippen LogP contribution in [0.4, 0.5) is 0 Å². The molecule has 1 aromatic rings. The molecule has 0 N–H and O–H groups in total. The minimum absolute atomic E-state index is 0.00691. The zero-order chi connectivity index (χ0) is 35.5. The van der Waals surface area contributed by atoms with Gasteiger partial charge in [0.2, 0.25) is 0 Å². The average Bonchev–Trinajstić information content (AvgIpc) is 3.41. The minimum atomic E-state index is -2.31. The normalized spacial score (nSPS) is 39.2. The Morgan fingerprint density at radius 3 is 2.25 bits per heavy atom. The first-order valence-electron chi connectivity index (χ1n) is 18.2. The summed E-state index contributed by atoms with van der Waals surface area (Å²) in [4.78, 5) is 29.5. The molecule has 5 aliphatic rings. The average molecular weight is 760 g/mol. The van der Waals surface area contributed by atoms with Crippen LogP contribution in [0.2, 0.25) is 41.1 Å². The maximum absolute atomic E-state index is 14.7. The van der Waals surface area contributed by atoms with E-state index in [0.29, 0.717) is 13.0 Å². The van der Waals surface area contributed by atoms with E-state index in [1.807, 2.05) is 6.92 Å². The molecule has 9 heteroatoms. The van der Waals surface area contributed by atoms with Gasteiger partial charge in [0.15, 0.2) is 0 Å². The molecular formula is C39H60O6SeSi2. The Hall–Kier alpha value is -1.23. The van der Waals surface area contributed by atoms with Gasteiger partial charge in [0.05, 0.1) is 0 Å². The number of fused-ring (bicyclic) bond motifs is 1. The van der Waals surface area contributed by atoms with Crippen molar-refractivity contribution in [3.05, 3.63) is 42.5 Å². The van der Waals surface area contributed by atoms with Gasteiger partial charge in [0, 0.05) is 0 Å². The molecule has 1 aliphatic heterocycles. The quantitative estimate of drug-likeness (QED) is 0.151. The van der Waals surface area contributed by atoms with Crippen LogP contribution >= 0.6 is 0 Å². The molecule has 266 valence electrons. The molecule has 4 bridgehead atoms. The van der Waals surface area contributed by atoms with E-state index >= 15 is 0 Å². The van der Waals surface area contributed by atoms with Crippen LogP contribution in [-0.4, -0.2) is 67.4 Å². The topological polar surface area (TPSA) is 71.1 Å². The van der Waals surface area contributed by atoms with Crippen molar-refractivity contribution in [2.45, 2.75) is 146 Å². The first kappa shape index (κ1) is 36.6. The molecule has 6 nitrogen and oxygen atoms in total. The molecule has 1 aromatic carbocycles. The third kappa shape index (κ3) is 5.02. The number of hydrogen-bond acceptors (Lipinski definition) is 6. The van der Waals surface area contributed by atoms with Gasteiger partial charge >= 0.3 is 299 Å². The van der Waals surface area contributed by atoms with Gasteiger partial charge < -0.3 is 0 Å². The molecule has 9 atom stereocenters. The number of carbonyl (C=O) groups is 2. The van der Waals surface area contributed by atoms with Crippen molar-refractivity contribution < 1.29 is 27.9 Å². The van der Waals surface area contributed by atoms with Crippen LogP contribution in [-0.2, 0) is 27.9 Å². The number of ether oxygens (including phenoxy) is 2. The molecule has 1 heterocycles. The van der Waals surface area contributed by atoms with Crippen molar-refractivity contribution in [3.8, 4) is 0 Å². The van der Waals surface area contributed by atoms with Crippen LogP contribution < -0.4 is 4.46 Å². The summed E-state index contributed by atoms with van der Waals surface area (Å²) >= 11 is -0.00691. The molecule has 0 radical (unpaired) electrons. The Kier molecular flexibility index (Phi) is 8.67. The van der Waals surface area contributed by atoms with Crippen LogP contribution in [0.5, 0.6) is 0 Å². The summed E-state index contributed by atoms with van der Waals surface area (Å²) in [5.41, 5.74) is -1.54. The van der Waals surface area contributed by atoms with Crippen molar-refractivity contribution in [1.29, 1.82) is 0 Å². The molecule has 4 aliphatic carbocycles. The third-order valence-electron chi connectivity index (χ3n) is 14.3. The Bertz CT molecular complexity index is 1480. The van der Waals surface area contributed by atoms with Crippen LogP contribution in [0, 0.1) is 28.6 Å². The molecule has 0 unspecified atom stereocenters. The molecule has 48 heavy (non-hydrogen) atoms. The molecule has 1 saturated heterocycles. The van der Waals surface area contributed by atoms with E-state index in [2.05, 4.69) is 105 Å². The maximum atomic E-state index is 14.7. The molecule has 0 amide bonds. The van der Waals surface area contributed by atoms with Crippen molar-refractivity contribution in [3.63, 3.8) is 0 Å². The van der Waals surface area contributed by atoms with Gasteiger partial charge in [-0.1, -0.05) is 0 Å². The Morgan fingerprint density at radius 2 is 1.67 bits per heavy atom. The SMILES string of the molecule is C=C1C[C@]23C[C@@]1(O[Si](C)(C)C(C)(C)C)CC[C@H]2[C@]12OC(=O)[C@](C)([C@@H](O[Si](C)(C)C(C)(C)C)C[C@H]1[Se]c1ccccc1)[C@H]2[C@@H]3C(=O)OCC. The van der Waals surface area contributed by atoms with E-state index in [-0.39, 0.29) is 59.7 Å². The second-order valence-electron chi connectivity index (χ2n) is 18.9. The second kappa shape index (κ2) is 11.4. The van der Waals surface area contributed by atoms with Crippen molar-refractivity contribution in [2.24, 2.45) is 28.6 Å². The van der Waals surface area contributed by atoms with E-state index in [0.717, 1.165) is 31.3 Å². The molecule has 6 rings (SSSR count). The molecule has 4 saturated carbocycles. The Labute approximate surface area is 298 Å². The van der Waals surface area contributed by atoms with Crippen LogP contribution in [0.1, 0.15) is 87.5 Å². The zero-order valence-electron chi connectivity index (χ0n) is 31.6. The van der Waals surface area contributed by atoms with Crippen molar-refractivity contribution in [2.75, 3.05) is 6.61 Å². The number of esters is 2. The molecule has 5 fully saturated rings. The van der Waals surface area contributed by atoms with E-state index in [1.165, 1.54) is 4.46 Å². The van der Waals surface area contributed by atoms with E-state index in [1.54, 1.807) is 0 Å². The van der Waals surface area contributed by atoms with E-state index in [4.69, 9.17) is 24.9 Å². The van der Waals surface area contributed by atoms with Gasteiger partial charge in [-0.2, -0.15) is 0 Å². The number of hydrogen-bond donors (Lipinski definition) is 0. The van der Waals surface area contributed by atoms with Crippen LogP contribution in [0.3, 0.4) is 0 Å². The number of rotatable bonds is 8. The van der Waals surface area contributed by atoms with Gasteiger partial charge in [-0.25, -0.2) is 0 Å². The fourth-order valence-corrected chi connectivity index (χ4v) is 16.1. The standard InChI is InChI=1S/C39H60O6SeSi2/c1-14-42-32(40)30-31-36(9)28(44-47(10,11)34(3,4)5)22-29(46-26-18-16-15-17-19-26)39(31,43-33(36)41)27-20-21-38(24-37(27,30)23-25(38)2)45-48(12,13)35(6,7)8/h15-19,27-31H,2,14,20-24H2,1,3-13H3/t27-,28+,29-,30-,31-,36-,37+,38+,39+/m1/s1. The first-order chi connectivity index (χ1) is 22.0. The Balaban J connectivity index is 1.55. The van der Waals surface area contributed by atoms with Crippen molar-refractivity contribution >= 4 is 48.0 Å². The van der Waals surface area contributed by atoms with Gasteiger partial charge in [-0.3, -0.25) is 0 Å². The van der Waals surface area contributed by atoms with E-state index in [9.17, 15) is 9.59 Å². The fourth-order valence-electron chi connectivity index (χ4n) is 10.1. The predicted molar refractivity (Wildman–Crippen MR) is 197 cm³/mol. The van der Waals surface area contributed by atoms with E-state index < -0.39 is 44.6 Å². The van der Waals surface area contributed by atoms with Gasteiger partial charge in [0.1, 0.15) is 0 Å². The molecule has 0 aromatic heterocycles. The fraction of sp³-hybridized carbons (Fsp3) is 0.744. The molecular weight excluding hydrogens is 700 g/mol. The third-order valence-corrected chi connectivity index (χ3v) is 26.2. The summed E-state index contributed by atoms with van der Waals surface area (Å²) in [6.07, 6.45) is 3.56. The first-order valence-corrected chi connectivity index (χ1v) is 25.9. The van der Waals surface area contributed by atoms with Crippen LogP contribution in [0.15, 0.2) is 42.5 Å². The zero-order valence-corrected chi connectivity index (χ0v) is 35.3. The van der Waals surface area contributed by atoms with Crippen molar-refractivity contribution in [1.82, 2.24) is 0 Å². The van der Waals surface area contributed by atoms with Crippen LogP contribution in [0.25, 0.3) is 0 Å². The summed E-state index contributed by atoms with van der Waals surface area (Å²) in [5.74, 6) is -1.18.